The SMILES string of the molecule is CNN(C)N(C)[O-]. The van der Waals surface area contributed by atoms with Gasteiger partial charge in [0.2, 0.25) is 0 Å². The standard InChI is InChI=1S/C3H10N3O/c1-4-5(2)6(3)7/h4H,1-3H3/q-1. The van der Waals surface area contributed by atoms with Gasteiger partial charge in [-0.1, -0.05) is 0 Å². The van der Waals surface area contributed by atoms with Crippen LogP contribution in [0.2, 0.25) is 0 Å². The molecule has 0 heterocycles. The quantitative estimate of drug-likeness (QED) is 0.475. The van der Waals surface area contributed by atoms with Crippen molar-refractivity contribution >= 4 is 0 Å². The molecule has 0 spiro atoms. The predicted octanol–water partition coefficient (Wildman–Crippen LogP) is -0.603. The van der Waals surface area contributed by atoms with E-state index in [0.29, 0.717) is 5.17 Å². The second-order valence-electron chi connectivity index (χ2n) is 1.21. The van der Waals surface area contributed by atoms with E-state index in [1.54, 1.807) is 14.1 Å². The summed E-state index contributed by atoms with van der Waals surface area (Å²) in [5.74, 6) is 0. The van der Waals surface area contributed by atoms with E-state index in [2.05, 4.69) is 5.43 Å². The fourth-order valence-corrected chi connectivity index (χ4v) is 0.141. The topological polar surface area (TPSA) is 41.6 Å². The predicted molar refractivity (Wildman–Crippen MR) is 28.0 cm³/mol. The van der Waals surface area contributed by atoms with E-state index in [0.717, 1.165) is 0 Å². The van der Waals surface area contributed by atoms with Crippen molar-refractivity contribution < 1.29 is 0 Å². The molecule has 0 fully saturated rings. The summed E-state index contributed by atoms with van der Waals surface area (Å²) in [4.78, 5) is 0. The Morgan fingerprint density at radius 3 is 1.86 bits per heavy atom. The lowest BCUT2D eigenvalue weighted by Crippen LogP contribution is -2.40. The van der Waals surface area contributed by atoms with Gasteiger partial charge in [-0.15, -0.1) is 0 Å². The van der Waals surface area contributed by atoms with Gasteiger partial charge in [-0.05, 0) is 7.05 Å². The number of hydrazine groups is 2. The normalized spacial score (nSPS) is 11.1. The van der Waals surface area contributed by atoms with Gasteiger partial charge in [0.15, 0.2) is 0 Å². The minimum Gasteiger partial charge on any atom is -0.771 e. The fraction of sp³-hybridized carbons (Fsp3) is 1.00. The third-order valence-corrected chi connectivity index (χ3v) is 0.746. The van der Waals surface area contributed by atoms with Gasteiger partial charge >= 0.3 is 0 Å². The van der Waals surface area contributed by atoms with E-state index in [-0.39, 0.29) is 0 Å². The molecule has 0 aromatic rings. The lowest BCUT2D eigenvalue weighted by atomic mass is 11.2. The maximum Gasteiger partial charge on any atom is 0.0166 e. The van der Waals surface area contributed by atoms with E-state index in [4.69, 9.17) is 0 Å². The molecular weight excluding hydrogens is 94.1 g/mol. The molecule has 7 heavy (non-hydrogen) atoms. The summed E-state index contributed by atoms with van der Waals surface area (Å²) in [7, 11) is 4.72. The van der Waals surface area contributed by atoms with E-state index < -0.39 is 0 Å². The number of nitrogens with zero attached hydrogens (tertiary/aromatic N) is 2. The Balaban J connectivity index is 3.14. The Hall–Kier alpha value is -0.160. The second-order valence-corrected chi connectivity index (χ2v) is 1.21. The van der Waals surface area contributed by atoms with Crippen LogP contribution in [0.15, 0.2) is 0 Å². The Kier molecular flexibility index (Phi) is 2.86. The molecule has 0 aromatic heterocycles. The second kappa shape index (κ2) is 2.92. The summed E-state index contributed by atoms with van der Waals surface area (Å²) in [5.41, 5.74) is 2.61. The fourth-order valence-electron chi connectivity index (χ4n) is 0.141. The zero-order chi connectivity index (χ0) is 5.86. The number of hydrogen-bond donors (Lipinski definition) is 1. The first-order chi connectivity index (χ1) is 3.18. The van der Waals surface area contributed by atoms with Crippen molar-refractivity contribution in [3.8, 4) is 0 Å². The zero-order valence-corrected chi connectivity index (χ0v) is 4.80. The van der Waals surface area contributed by atoms with Gasteiger partial charge in [0, 0.05) is 14.1 Å². The molecule has 4 heteroatoms. The van der Waals surface area contributed by atoms with Crippen LogP contribution in [0.5, 0.6) is 0 Å². The maximum atomic E-state index is 10.2. The molecule has 0 radical (unpaired) electrons. The van der Waals surface area contributed by atoms with Crippen LogP contribution in [0.3, 0.4) is 0 Å². The highest BCUT2D eigenvalue weighted by Crippen LogP contribution is 1.75. The van der Waals surface area contributed by atoms with E-state index in [1.807, 2.05) is 0 Å². The first kappa shape index (κ1) is 6.84. The minimum atomic E-state index is 0.694. The lowest BCUT2D eigenvalue weighted by Gasteiger charge is -2.31. The highest BCUT2D eigenvalue weighted by atomic mass is 16.6. The van der Waals surface area contributed by atoms with Gasteiger partial charge in [0.1, 0.15) is 0 Å². The van der Waals surface area contributed by atoms with Crippen molar-refractivity contribution in [2.75, 3.05) is 21.1 Å². The van der Waals surface area contributed by atoms with E-state index in [9.17, 15) is 5.21 Å². The van der Waals surface area contributed by atoms with Crippen LogP contribution >= 0.6 is 0 Å². The van der Waals surface area contributed by atoms with Crippen LogP contribution in [0.25, 0.3) is 0 Å². The largest absolute Gasteiger partial charge is 0.771 e. The first-order valence-electron chi connectivity index (χ1n) is 2.00. The van der Waals surface area contributed by atoms with Crippen molar-refractivity contribution in [1.29, 1.82) is 0 Å². The van der Waals surface area contributed by atoms with Crippen LogP contribution in [0.4, 0.5) is 0 Å². The molecule has 0 saturated carbocycles. The Labute approximate surface area is 43.2 Å². The van der Waals surface area contributed by atoms with Crippen molar-refractivity contribution in [2.45, 2.75) is 0 Å². The van der Waals surface area contributed by atoms with Crippen LogP contribution in [-0.4, -0.2) is 31.4 Å². The number of hydroxylamine groups is 1. The molecule has 0 saturated heterocycles. The van der Waals surface area contributed by atoms with Crippen LogP contribution < -0.4 is 5.43 Å². The molecule has 0 unspecified atom stereocenters. The van der Waals surface area contributed by atoms with Gasteiger partial charge in [0.05, 0.1) is 0 Å². The maximum absolute atomic E-state index is 10.2. The van der Waals surface area contributed by atoms with Gasteiger partial charge in [-0.25, -0.2) is 5.43 Å². The molecule has 0 atom stereocenters. The molecule has 4 nitrogen and oxygen atoms in total. The Morgan fingerprint density at radius 1 is 1.43 bits per heavy atom. The van der Waals surface area contributed by atoms with Gasteiger partial charge in [-0.2, -0.15) is 5.12 Å². The summed E-state index contributed by atoms with van der Waals surface area (Å²) in [5, 5.41) is 12.2. The summed E-state index contributed by atoms with van der Waals surface area (Å²) in [6.07, 6.45) is 0. The highest BCUT2D eigenvalue weighted by Gasteiger charge is 1.84. The smallest absolute Gasteiger partial charge is 0.0166 e. The first-order valence-corrected chi connectivity index (χ1v) is 2.00. The van der Waals surface area contributed by atoms with Crippen molar-refractivity contribution in [2.24, 2.45) is 0 Å². The summed E-state index contributed by atoms with van der Waals surface area (Å²) in [6.45, 7) is 0. The molecule has 0 aliphatic heterocycles. The van der Waals surface area contributed by atoms with E-state index >= 15 is 0 Å². The highest BCUT2D eigenvalue weighted by molar-refractivity contribution is 4.34. The number of hydrogen-bond acceptors (Lipinski definition) is 4. The van der Waals surface area contributed by atoms with Crippen molar-refractivity contribution in [3.05, 3.63) is 5.21 Å². The molecule has 0 aliphatic carbocycles. The summed E-state index contributed by atoms with van der Waals surface area (Å²) in [6, 6.07) is 0. The number of nitrogens with one attached hydrogen (secondary N) is 1. The molecule has 0 amide bonds. The van der Waals surface area contributed by atoms with Gasteiger partial charge < -0.3 is 10.4 Å². The van der Waals surface area contributed by atoms with E-state index in [1.165, 1.54) is 12.2 Å². The molecule has 1 N–H and O–H groups in total. The molecule has 0 aliphatic rings. The van der Waals surface area contributed by atoms with Gasteiger partial charge in [-0.3, -0.25) is 0 Å². The van der Waals surface area contributed by atoms with Gasteiger partial charge in [0.25, 0.3) is 0 Å². The monoisotopic (exact) mass is 104 g/mol. The minimum absolute atomic E-state index is 0.694. The van der Waals surface area contributed by atoms with Crippen molar-refractivity contribution in [3.63, 3.8) is 0 Å². The van der Waals surface area contributed by atoms with Crippen LogP contribution in [0, 0.1) is 5.21 Å². The van der Waals surface area contributed by atoms with Crippen molar-refractivity contribution in [1.82, 2.24) is 15.7 Å². The Bertz CT molecular complexity index is 47.4. The molecular formula is C3H10N3O-. The third kappa shape index (κ3) is 2.52. The molecule has 0 rings (SSSR count). The third-order valence-electron chi connectivity index (χ3n) is 0.746. The average Bonchev–Trinajstić information content (AvgIpc) is 1.65. The molecule has 44 valence electrons. The van der Waals surface area contributed by atoms with Crippen LogP contribution in [0.1, 0.15) is 0 Å². The molecule has 0 aromatic carbocycles. The van der Waals surface area contributed by atoms with Crippen LogP contribution in [-0.2, 0) is 0 Å². The lowest BCUT2D eigenvalue weighted by molar-refractivity contribution is 0.0322. The molecule has 0 bridgehead atoms. The average molecular weight is 104 g/mol. The summed E-state index contributed by atoms with van der Waals surface area (Å²) < 4.78 is 0. The number of rotatable bonds is 2. The zero-order valence-electron chi connectivity index (χ0n) is 4.80. The Morgan fingerprint density at radius 2 is 1.86 bits per heavy atom. The summed E-state index contributed by atoms with van der Waals surface area (Å²) >= 11 is 0.